The van der Waals surface area contributed by atoms with Crippen LogP contribution in [0.15, 0.2) is 45.6 Å². The second kappa shape index (κ2) is 14.3. The molecule has 4 atom stereocenters. The minimum atomic E-state index is -0.207. The van der Waals surface area contributed by atoms with E-state index in [4.69, 9.17) is 4.74 Å². The number of carbonyl (C=O) groups excluding carboxylic acids is 1. The van der Waals surface area contributed by atoms with Crippen molar-refractivity contribution in [2.24, 2.45) is 23.0 Å². The highest BCUT2D eigenvalue weighted by Gasteiger charge is 2.48. The molecule has 31 heavy (non-hydrogen) atoms. The van der Waals surface area contributed by atoms with Crippen LogP contribution in [0.3, 0.4) is 0 Å². The van der Waals surface area contributed by atoms with E-state index in [2.05, 4.69) is 64.1 Å². The number of esters is 1. The Hall–Kier alpha value is -0.880. The summed E-state index contributed by atoms with van der Waals surface area (Å²) in [5, 5.41) is 0. The summed E-state index contributed by atoms with van der Waals surface area (Å²) in [4.78, 5) is 11.3. The summed E-state index contributed by atoms with van der Waals surface area (Å²) in [5.74, 6) is 1.35. The van der Waals surface area contributed by atoms with E-state index in [1.807, 2.05) is 0 Å². The molecule has 3 nitrogen and oxygen atoms in total. The monoisotopic (exact) mass is 543 g/mol. The molecule has 0 aromatic rings. The number of ether oxygens (including phenoxy) is 1. The van der Waals surface area contributed by atoms with Crippen molar-refractivity contribution in [2.45, 2.75) is 92.6 Å². The molecule has 0 aromatic carbocycles. The molecule has 0 aliphatic heterocycles. The highest BCUT2D eigenvalue weighted by atomic mass is 127. The SMILES string of the molecule is C.C.C=C1/C(=C\C=C2/CCCC3(C)C(C/C=C/I)CCC23)CCCC1OC(C)=O.CN. The molecular formula is C27H46INO2. The Morgan fingerprint density at radius 1 is 1.19 bits per heavy atom. The van der Waals surface area contributed by atoms with E-state index < -0.39 is 0 Å². The summed E-state index contributed by atoms with van der Waals surface area (Å²) >= 11 is 2.34. The maximum Gasteiger partial charge on any atom is 0.303 e. The van der Waals surface area contributed by atoms with Crippen molar-refractivity contribution in [2.75, 3.05) is 7.05 Å². The van der Waals surface area contributed by atoms with E-state index in [0.717, 1.165) is 36.7 Å². The van der Waals surface area contributed by atoms with Gasteiger partial charge in [0.05, 0.1) is 0 Å². The second-order valence-electron chi connectivity index (χ2n) is 8.73. The molecule has 0 amide bonds. The fraction of sp³-hybridized carbons (Fsp3) is 0.667. The van der Waals surface area contributed by atoms with Gasteiger partial charge >= 0.3 is 5.97 Å². The average molecular weight is 544 g/mol. The fourth-order valence-electron chi connectivity index (χ4n) is 5.70. The number of rotatable bonds is 4. The third-order valence-electron chi connectivity index (χ3n) is 7.19. The fourth-order valence-corrected chi connectivity index (χ4v) is 5.99. The summed E-state index contributed by atoms with van der Waals surface area (Å²) in [6.07, 6.45) is 17.8. The average Bonchev–Trinajstić information content (AvgIpc) is 3.05. The van der Waals surface area contributed by atoms with Crippen LogP contribution >= 0.6 is 22.6 Å². The highest BCUT2D eigenvalue weighted by molar-refractivity contribution is 14.1. The van der Waals surface area contributed by atoms with Crippen molar-refractivity contribution in [3.8, 4) is 0 Å². The molecule has 0 aromatic heterocycles. The smallest absolute Gasteiger partial charge is 0.303 e. The van der Waals surface area contributed by atoms with Gasteiger partial charge in [0, 0.05) is 6.92 Å². The number of fused-ring (bicyclic) bond motifs is 1. The Bertz CT molecular complexity index is 679. The van der Waals surface area contributed by atoms with Gasteiger partial charge in [-0.1, -0.05) is 74.7 Å². The number of carbonyl (C=O) groups is 1. The van der Waals surface area contributed by atoms with E-state index in [9.17, 15) is 4.79 Å². The van der Waals surface area contributed by atoms with Crippen molar-refractivity contribution >= 4 is 28.6 Å². The summed E-state index contributed by atoms with van der Waals surface area (Å²) in [6, 6.07) is 0. The van der Waals surface area contributed by atoms with E-state index >= 15 is 0 Å². The Morgan fingerprint density at radius 2 is 1.90 bits per heavy atom. The number of halogens is 1. The molecule has 3 rings (SSSR count). The molecule has 4 heteroatoms. The van der Waals surface area contributed by atoms with E-state index in [1.54, 1.807) is 5.57 Å². The van der Waals surface area contributed by atoms with Crippen molar-refractivity contribution in [3.63, 3.8) is 0 Å². The molecule has 3 aliphatic rings. The molecule has 0 radical (unpaired) electrons. The van der Waals surface area contributed by atoms with Crippen LogP contribution in [0.1, 0.15) is 86.5 Å². The summed E-state index contributed by atoms with van der Waals surface area (Å²) in [5.41, 5.74) is 8.88. The lowest BCUT2D eigenvalue weighted by molar-refractivity contribution is -0.145. The maximum atomic E-state index is 11.3. The van der Waals surface area contributed by atoms with Gasteiger partial charge in [-0.15, -0.1) is 0 Å². The summed E-state index contributed by atoms with van der Waals surface area (Å²) < 4.78 is 7.63. The van der Waals surface area contributed by atoms with E-state index in [-0.39, 0.29) is 26.9 Å². The van der Waals surface area contributed by atoms with Gasteiger partial charge in [-0.05, 0) is 97.3 Å². The Morgan fingerprint density at radius 3 is 2.55 bits per heavy atom. The molecule has 0 saturated heterocycles. The molecular weight excluding hydrogens is 497 g/mol. The first kappa shape index (κ1) is 30.1. The Kier molecular flexibility index (Phi) is 13.9. The van der Waals surface area contributed by atoms with E-state index in [0.29, 0.717) is 5.41 Å². The zero-order valence-electron chi connectivity index (χ0n) is 18.4. The van der Waals surface area contributed by atoms with Crippen LogP contribution in [-0.4, -0.2) is 19.1 Å². The zero-order chi connectivity index (χ0) is 21.4. The predicted molar refractivity (Wildman–Crippen MR) is 144 cm³/mol. The maximum absolute atomic E-state index is 11.3. The lowest BCUT2D eigenvalue weighted by Gasteiger charge is -2.42. The van der Waals surface area contributed by atoms with Crippen molar-refractivity contribution in [3.05, 3.63) is 45.6 Å². The van der Waals surface area contributed by atoms with Gasteiger partial charge in [0.15, 0.2) is 0 Å². The van der Waals surface area contributed by atoms with Crippen LogP contribution in [-0.2, 0) is 9.53 Å². The second-order valence-corrected chi connectivity index (χ2v) is 9.45. The van der Waals surface area contributed by atoms with Gasteiger partial charge in [0.1, 0.15) is 6.10 Å². The van der Waals surface area contributed by atoms with Gasteiger partial charge in [0.25, 0.3) is 0 Å². The molecule has 3 aliphatic carbocycles. The number of nitrogens with two attached hydrogens (primary N) is 1. The molecule has 3 saturated carbocycles. The van der Waals surface area contributed by atoms with Gasteiger partial charge in [-0.25, -0.2) is 0 Å². The third-order valence-corrected chi connectivity index (χ3v) is 7.70. The first-order valence-corrected chi connectivity index (χ1v) is 12.3. The summed E-state index contributed by atoms with van der Waals surface area (Å²) in [6.45, 7) is 8.26. The van der Waals surface area contributed by atoms with Crippen LogP contribution < -0.4 is 5.73 Å². The Labute approximate surface area is 205 Å². The van der Waals surface area contributed by atoms with Crippen LogP contribution in [0.2, 0.25) is 0 Å². The number of hydrogen-bond acceptors (Lipinski definition) is 3. The van der Waals surface area contributed by atoms with Crippen molar-refractivity contribution in [1.82, 2.24) is 0 Å². The molecule has 2 N–H and O–H groups in total. The quantitative estimate of drug-likeness (QED) is 0.290. The molecule has 4 unspecified atom stereocenters. The van der Waals surface area contributed by atoms with Crippen LogP contribution in [0.25, 0.3) is 0 Å². The first-order valence-electron chi connectivity index (χ1n) is 11.0. The largest absolute Gasteiger partial charge is 0.458 e. The highest BCUT2D eigenvalue weighted by Crippen LogP contribution is 2.58. The molecule has 178 valence electrons. The van der Waals surface area contributed by atoms with Gasteiger partial charge in [0.2, 0.25) is 0 Å². The number of hydrogen-bond donors (Lipinski definition) is 1. The number of allylic oxidation sites excluding steroid dienone is 4. The van der Waals surface area contributed by atoms with Crippen molar-refractivity contribution in [1.29, 1.82) is 0 Å². The topological polar surface area (TPSA) is 52.3 Å². The standard InChI is InChI=1S/C24H33IO2.CH5N.2CH4/c1-17-19(7-4-10-23(17)27-18(2)26)11-12-20-8-5-15-24(3)21(9-6-16-25)13-14-22(20)24;1-2;;/h6,11-12,16,21-23H,1,4-5,7-10,13-15H2,2-3H3;2H2,1H3;2*1H4/b16-6+,19-11-,20-12+;;;. The van der Waals surface area contributed by atoms with Crippen LogP contribution in [0.5, 0.6) is 0 Å². The normalized spacial score (nSPS) is 32.5. The van der Waals surface area contributed by atoms with Crippen LogP contribution in [0, 0.1) is 17.3 Å². The third kappa shape index (κ3) is 7.31. The molecule has 0 spiro atoms. The predicted octanol–water partition coefficient (Wildman–Crippen LogP) is 7.91. The summed E-state index contributed by atoms with van der Waals surface area (Å²) in [7, 11) is 1.50. The molecule has 0 heterocycles. The minimum Gasteiger partial charge on any atom is -0.458 e. The van der Waals surface area contributed by atoms with E-state index in [1.165, 1.54) is 58.1 Å². The van der Waals surface area contributed by atoms with Crippen molar-refractivity contribution < 1.29 is 9.53 Å². The van der Waals surface area contributed by atoms with Gasteiger partial charge < -0.3 is 10.5 Å². The van der Waals surface area contributed by atoms with Crippen LogP contribution in [0.4, 0.5) is 0 Å². The molecule has 0 bridgehead atoms. The Balaban J connectivity index is 0.00000219. The van der Waals surface area contributed by atoms with Gasteiger partial charge in [-0.2, -0.15) is 0 Å². The first-order chi connectivity index (χ1) is 14.0. The minimum absolute atomic E-state index is 0. The van der Waals surface area contributed by atoms with Gasteiger partial charge in [-0.3, -0.25) is 4.79 Å². The zero-order valence-corrected chi connectivity index (χ0v) is 20.5. The lowest BCUT2D eigenvalue weighted by Crippen LogP contribution is -2.33. The molecule has 3 fully saturated rings. The lowest BCUT2D eigenvalue weighted by atomic mass is 9.63.